The van der Waals surface area contributed by atoms with Crippen LogP contribution in [0.25, 0.3) is 0 Å². The highest BCUT2D eigenvalue weighted by Crippen LogP contribution is 2.40. The fraction of sp³-hybridized carbons (Fsp3) is 0.450. The number of hydrogen-bond acceptors (Lipinski definition) is 10. The number of carbonyl (C=O) groups excluding carboxylic acids is 1. The van der Waals surface area contributed by atoms with Crippen molar-refractivity contribution in [2.75, 3.05) is 26.2 Å². The number of nitro groups is 1. The number of aromatic nitrogens is 2. The number of alkyl halides is 1. The maximum Gasteiger partial charge on any atom is 0.346 e. The standard InChI is InChI=1S/C20H26BrN3O8Si/c1-12(33(4,5)6)31-19(25)17-14(8-7-13(24(26)27)18(17)30-10-9-21)32-20-22-15(28-2)11-16(23-20)29-3/h7-8,11-12H,9-10H2,1-6H3. The number of ether oxygens (including phenoxy) is 5. The molecule has 13 heteroatoms. The molecule has 0 radical (unpaired) electrons. The van der Waals surface area contributed by atoms with E-state index in [-0.39, 0.29) is 47.2 Å². The Morgan fingerprint density at radius 1 is 1.18 bits per heavy atom. The van der Waals surface area contributed by atoms with Crippen molar-refractivity contribution in [3.8, 4) is 29.3 Å². The Balaban J connectivity index is 2.64. The van der Waals surface area contributed by atoms with Crippen molar-refractivity contribution in [3.05, 3.63) is 33.9 Å². The molecule has 0 aliphatic carbocycles. The molecule has 0 saturated heterocycles. The molecule has 1 unspecified atom stereocenters. The number of nitro benzene ring substituents is 1. The first-order valence-corrected chi connectivity index (χ1v) is 14.6. The molecule has 0 aliphatic heterocycles. The molecule has 1 aromatic heterocycles. The third-order valence-electron chi connectivity index (χ3n) is 4.60. The number of benzene rings is 1. The minimum absolute atomic E-state index is 0.0671. The summed E-state index contributed by atoms with van der Waals surface area (Å²) >= 11 is 3.22. The van der Waals surface area contributed by atoms with Crippen LogP contribution in [0.2, 0.25) is 19.6 Å². The maximum atomic E-state index is 13.2. The van der Waals surface area contributed by atoms with Crippen LogP contribution in [0.5, 0.6) is 29.3 Å². The van der Waals surface area contributed by atoms with Crippen LogP contribution in [0.15, 0.2) is 18.2 Å². The predicted molar refractivity (Wildman–Crippen MR) is 126 cm³/mol. The van der Waals surface area contributed by atoms with Crippen LogP contribution in [-0.2, 0) is 4.74 Å². The molecule has 180 valence electrons. The van der Waals surface area contributed by atoms with Crippen LogP contribution in [0.3, 0.4) is 0 Å². The van der Waals surface area contributed by atoms with Gasteiger partial charge in [0.2, 0.25) is 17.5 Å². The molecule has 0 aliphatic rings. The smallest absolute Gasteiger partial charge is 0.346 e. The van der Waals surface area contributed by atoms with Gasteiger partial charge in [-0.15, -0.1) is 0 Å². The van der Waals surface area contributed by atoms with E-state index in [1.54, 1.807) is 6.92 Å². The highest BCUT2D eigenvalue weighted by molar-refractivity contribution is 9.09. The molecule has 1 heterocycles. The molecule has 0 amide bonds. The summed E-state index contributed by atoms with van der Waals surface area (Å²) in [6.07, 6.45) is 0. The zero-order chi connectivity index (χ0) is 24.8. The summed E-state index contributed by atoms with van der Waals surface area (Å²) in [4.78, 5) is 32.4. The number of carbonyl (C=O) groups is 1. The Morgan fingerprint density at radius 2 is 1.79 bits per heavy atom. The summed E-state index contributed by atoms with van der Waals surface area (Å²) < 4.78 is 27.2. The minimum Gasteiger partial charge on any atom is -0.485 e. The lowest BCUT2D eigenvalue weighted by molar-refractivity contribution is -0.385. The van der Waals surface area contributed by atoms with Crippen molar-refractivity contribution in [2.24, 2.45) is 0 Å². The van der Waals surface area contributed by atoms with Crippen molar-refractivity contribution >= 4 is 35.7 Å². The molecule has 11 nitrogen and oxygen atoms in total. The van der Waals surface area contributed by atoms with Crippen LogP contribution in [0.4, 0.5) is 5.69 Å². The van der Waals surface area contributed by atoms with Gasteiger partial charge < -0.3 is 23.7 Å². The highest BCUT2D eigenvalue weighted by atomic mass is 79.9. The normalized spacial score (nSPS) is 12.0. The van der Waals surface area contributed by atoms with Gasteiger partial charge in [-0.05, 0) is 13.0 Å². The summed E-state index contributed by atoms with van der Waals surface area (Å²) in [6, 6.07) is 3.69. The van der Waals surface area contributed by atoms with Gasteiger partial charge in [-0.2, -0.15) is 9.97 Å². The zero-order valence-electron chi connectivity index (χ0n) is 19.2. The van der Waals surface area contributed by atoms with Crippen molar-refractivity contribution < 1.29 is 33.4 Å². The van der Waals surface area contributed by atoms with Gasteiger partial charge in [0.1, 0.15) is 5.75 Å². The first-order chi connectivity index (χ1) is 15.5. The number of methoxy groups -OCH3 is 2. The van der Waals surface area contributed by atoms with E-state index in [2.05, 4.69) is 25.9 Å². The summed E-state index contributed by atoms with van der Waals surface area (Å²) in [5.74, 6) is -0.840. The van der Waals surface area contributed by atoms with E-state index in [4.69, 9.17) is 23.7 Å². The van der Waals surface area contributed by atoms with Crippen LogP contribution >= 0.6 is 15.9 Å². The number of hydrogen-bond donors (Lipinski definition) is 0. The van der Waals surface area contributed by atoms with Crippen molar-refractivity contribution in [3.63, 3.8) is 0 Å². The van der Waals surface area contributed by atoms with Gasteiger partial charge in [0, 0.05) is 11.4 Å². The maximum absolute atomic E-state index is 13.2. The van der Waals surface area contributed by atoms with Crippen LogP contribution < -0.4 is 18.9 Å². The van der Waals surface area contributed by atoms with Gasteiger partial charge in [-0.25, -0.2) is 4.79 Å². The number of nitrogens with zero attached hydrogens (tertiary/aromatic N) is 3. The van der Waals surface area contributed by atoms with Gasteiger partial charge in [0.25, 0.3) is 0 Å². The van der Waals surface area contributed by atoms with Crippen molar-refractivity contribution in [1.82, 2.24) is 9.97 Å². The van der Waals surface area contributed by atoms with Crippen LogP contribution in [0.1, 0.15) is 17.3 Å². The second-order valence-electron chi connectivity index (χ2n) is 7.83. The molecule has 33 heavy (non-hydrogen) atoms. The Hall–Kier alpha value is -2.93. The van der Waals surface area contributed by atoms with E-state index in [0.717, 1.165) is 0 Å². The van der Waals surface area contributed by atoms with E-state index in [0.29, 0.717) is 5.33 Å². The lowest BCUT2D eigenvalue weighted by atomic mass is 10.1. The third kappa shape index (κ3) is 6.77. The Kier molecular flexibility index (Phi) is 8.99. The number of esters is 1. The number of rotatable bonds is 11. The van der Waals surface area contributed by atoms with Gasteiger partial charge in [-0.1, -0.05) is 35.6 Å². The van der Waals surface area contributed by atoms with E-state index < -0.39 is 24.7 Å². The fourth-order valence-corrected chi connectivity index (χ4v) is 3.02. The molecule has 0 N–H and O–H groups in total. The van der Waals surface area contributed by atoms with Crippen LogP contribution in [-0.4, -0.2) is 60.8 Å². The molecule has 2 rings (SSSR count). The Morgan fingerprint density at radius 3 is 2.27 bits per heavy atom. The van der Waals surface area contributed by atoms with E-state index in [1.165, 1.54) is 32.4 Å². The van der Waals surface area contributed by atoms with Gasteiger partial charge in [0.15, 0.2) is 5.56 Å². The van der Waals surface area contributed by atoms with Crippen molar-refractivity contribution in [2.45, 2.75) is 32.3 Å². The summed E-state index contributed by atoms with van der Waals surface area (Å²) in [6.45, 7) is 7.96. The summed E-state index contributed by atoms with van der Waals surface area (Å²) in [7, 11) is 0.939. The van der Waals surface area contributed by atoms with E-state index >= 15 is 0 Å². The molecule has 0 bridgehead atoms. The molecule has 0 spiro atoms. The second-order valence-corrected chi connectivity index (χ2v) is 14.2. The Labute approximate surface area is 200 Å². The first-order valence-electron chi connectivity index (χ1n) is 9.87. The highest BCUT2D eigenvalue weighted by Gasteiger charge is 2.33. The first kappa shape index (κ1) is 26.3. The molecule has 0 fully saturated rings. The molecule has 1 aromatic carbocycles. The third-order valence-corrected chi connectivity index (χ3v) is 7.49. The average Bonchev–Trinajstić information content (AvgIpc) is 2.76. The van der Waals surface area contributed by atoms with Crippen molar-refractivity contribution in [1.29, 1.82) is 0 Å². The lowest BCUT2D eigenvalue weighted by Gasteiger charge is -2.25. The SMILES string of the molecule is COc1cc(OC)nc(Oc2ccc([N+](=O)[O-])c(OCCBr)c2C(=O)OC(C)[Si](C)(C)C)n1. The van der Waals surface area contributed by atoms with Crippen LogP contribution in [0, 0.1) is 10.1 Å². The van der Waals surface area contributed by atoms with E-state index in [1.807, 2.05) is 19.6 Å². The summed E-state index contributed by atoms with van der Waals surface area (Å²) in [5.41, 5.74) is -1.02. The minimum atomic E-state index is -1.87. The quantitative estimate of drug-likeness (QED) is 0.132. The number of halogens is 1. The summed E-state index contributed by atoms with van der Waals surface area (Å²) in [5, 5.41) is 12.0. The van der Waals surface area contributed by atoms with Gasteiger partial charge in [-0.3, -0.25) is 10.1 Å². The largest absolute Gasteiger partial charge is 0.485 e. The fourth-order valence-electron chi connectivity index (χ4n) is 2.40. The second kappa shape index (κ2) is 11.3. The molecule has 0 saturated carbocycles. The molecular formula is C20H26BrN3O8Si. The van der Waals surface area contributed by atoms with Gasteiger partial charge in [0.05, 0.1) is 45.6 Å². The molecular weight excluding hydrogens is 518 g/mol. The average molecular weight is 544 g/mol. The lowest BCUT2D eigenvalue weighted by Crippen LogP contribution is -2.39. The molecule has 1 atom stereocenters. The topological polar surface area (TPSA) is 132 Å². The van der Waals surface area contributed by atoms with E-state index in [9.17, 15) is 14.9 Å². The Bertz CT molecular complexity index is 993. The predicted octanol–water partition coefficient (Wildman–Crippen LogP) is 4.39. The zero-order valence-corrected chi connectivity index (χ0v) is 21.8. The molecule has 2 aromatic rings. The monoisotopic (exact) mass is 543 g/mol. The van der Waals surface area contributed by atoms with Gasteiger partial charge >= 0.3 is 17.7 Å².